The van der Waals surface area contributed by atoms with Gasteiger partial charge in [-0.25, -0.2) is 8.78 Å². The van der Waals surface area contributed by atoms with E-state index in [2.05, 4.69) is 55.7 Å². The predicted molar refractivity (Wildman–Crippen MR) is 161 cm³/mol. The lowest BCUT2D eigenvalue weighted by atomic mass is 9.74. The monoisotopic (exact) mass is 586 g/mol. The second-order valence-electron chi connectivity index (χ2n) is 13.0. The number of aliphatic hydroxyl groups excluding tert-OH is 1. The van der Waals surface area contributed by atoms with Crippen LogP contribution in [0.3, 0.4) is 0 Å². The van der Waals surface area contributed by atoms with Crippen LogP contribution in [0, 0.1) is 11.6 Å². The lowest BCUT2D eigenvalue weighted by molar-refractivity contribution is -0.147. The summed E-state index contributed by atoms with van der Waals surface area (Å²) in [7, 11) is 0. The molecule has 42 heavy (non-hydrogen) atoms. The van der Waals surface area contributed by atoms with E-state index in [0.717, 1.165) is 38.2 Å². The molecule has 1 aliphatic carbocycles. The van der Waals surface area contributed by atoms with Gasteiger partial charge < -0.3 is 20.5 Å². The first-order chi connectivity index (χ1) is 19.8. The molecule has 3 rings (SSSR count). The summed E-state index contributed by atoms with van der Waals surface area (Å²) < 4.78 is 33.1. The van der Waals surface area contributed by atoms with Gasteiger partial charge in [-0.05, 0) is 73.8 Å². The quantitative estimate of drug-likeness (QED) is 0.243. The Kier molecular flexibility index (Phi) is 12.1. The molecule has 1 fully saturated rings. The van der Waals surface area contributed by atoms with Crippen LogP contribution in [0.4, 0.5) is 8.78 Å². The molecule has 0 spiro atoms. The molecular weight excluding hydrogens is 538 g/mol. The van der Waals surface area contributed by atoms with Crippen molar-refractivity contribution in [2.75, 3.05) is 6.54 Å². The molecule has 2 aromatic carbocycles. The van der Waals surface area contributed by atoms with E-state index in [1.54, 1.807) is 13.8 Å². The SMILES string of the molecule is CC(C)OC(=O)CCCC(=O)N[C@@H](Cc1cc(F)cc(F)c1)[C@@H](O)CNC1(c2cccc(C(C)(C)C)c2)CCCCC1. The van der Waals surface area contributed by atoms with E-state index < -0.39 is 23.8 Å². The smallest absolute Gasteiger partial charge is 0.306 e. The topological polar surface area (TPSA) is 87.7 Å². The number of esters is 1. The second kappa shape index (κ2) is 15.1. The predicted octanol–water partition coefficient (Wildman–Crippen LogP) is 6.22. The summed E-state index contributed by atoms with van der Waals surface area (Å²) in [5.41, 5.74) is 2.43. The Labute approximate surface area is 249 Å². The molecule has 0 aromatic heterocycles. The third kappa shape index (κ3) is 10.2. The van der Waals surface area contributed by atoms with Crippen molar-refractivity contribution in [3.8, 4) is 0 Å². The van der Waals surface area contributed by atoms with Crippen molar-refractivity contribution < 1.29 is 28.2 Å². The minimum Gasteiger partial charge on any atom is -0.463 e. The van der Waals surface area contributed by atoms with Gasteiger partial charge in [-0.1, -0.05) is 64.3 Å². The van der Waals surface area contributed by atoms with Gasteiger partial charge in [0.2, 0.25) is 5.91 Å². The maximum atomic E-state index is 14.0. The molecular formula is C34H48F2N2O4. The average Bonchev–Trinajstić information content (AvgIpc) is 2.90. The number of benzene rings is 2. The molecule has 0 saturated heterocycles. The molecule has 0 aliphatic heterocycles. The van der Waals surface area contributed by atoms with Crippen molar-refractivity contribution in [1.82, 2.24) is 10.6 Å². The Morgan fingerprint density at radius 3 is 2.29 bits per heavy atom. The van der Waals surface area contributed by atoms with Gasteiger partial charge in [-0.3, -0.25) is 9.59 Å². The van der Waals surface area contributed by atoms with Crippen molar-refractivity contribution in [3.63, 3.8) is 0 Å². The van der Waals surface area contributed by atoms with E-state index in [-0.39, 0.29) is 54.7 Å². The number of hydrogen-bond acceptors (Lipinski definition) is 5. The maximum Gasteiger partial charge on any atom is 0.306 e. The lowest BCUT2D eigenvalue weighted by Crippen LogP contribution is -2.53. The van der Waals surface area contributed by atoms with Crippen LogP contribution in [-0.4, -0.2) is 41.8 Å². The number of nitrogens with one attached hydrogen (secondary N) is 2. The summed E-state index contributed by atoms with van der Waals surface area (Å²) in [4.78, 5) is 24.7. The van der Waals surface area contributed by atoms with E-state index in [4.69, 9.17) is 4.74 Å². The fraction of sp³-hybridized carbons (Fsp3) is 0.588. The fourth-order valence-corrected chi connectivity index (χ4v) is 5.71. The molecule has 2 atom stereocenters. The number of halogens is 2. The van der Waals surface area contributed by atoms with Crippen molar-refractivity contribution in [2.45, 2.75) is 122 Å². The Balaban J connectivity index is 1.76. The molecule has 0 bridgehead atoms. The highest BCUT2D eigenvalue weighted by Gasteiger charge is 2.35. The zero-order valence-electron chi connectivity index (χ0n) is 25.8. The minimum absolute atomic E-state index is 0.00743. The number of carbonyl (C=O) groups excluding carboxylic acids is 2. The van der Waals surface area contributed by atoms with Gasteiger partial charge in [0.1, 0.15) is 11.6 Å². The van der Waals surface area contributed by atoms with Gasteiger partial charge in [0.05, 0.1) is 18.2 Å². The van der Waals surface area contributed by atoms with Crippen LogP contribution in [0.2, 0.25) is 0 Å². The summed E-state index contributed by atoms with van der Waals surface area (Å²) in [6.07, 6.45) is 4.36. The van der Waals surface area contributed by atoms with Crippen LogP contribution in [-0.2, 0) is 31.7 Å². The molecule has 2 aromatic rings. The standard InChI is InChI=1S/C34H48F2N2O4/c1-23(2)42-32(41)14-10-13-31(40)38-29(19-24-17-27(35)21-28(36)18-24)30(39)22-37-34(15-7-6-8-16-34)26-12-9-11-25(20-26)33(3,4)5/h9,11-12,17-18,20-21,23,29-30,37,39H,6-8,10,13-16,19,22H2,1-5H3,(H,38,40)/t29-,30-/m0/s1. The minimum atomic E-state index is -1.03. The third-order valence-corrected chi connectivity index (χ3v) is 7.98. The summed E-state index contributed by atoms with van der Waals surface area (Å²) in [5.74, 6) is -2.15. The van der Waals surface area contributed by atoms with Gasteiger partial charge in [-0.2, -0.15) is 0 Å². The number of aliphatic hydroxyl groups is 1. The molecule has 8 heteroatoms. The van der Waals surface area contributed by atoms with Crippen LogP contribution >= 0.6 is 0 Å². The highest BCUT2D eigenvalue weighted by molar-refractivity contribution is 5.77. The number of ether oxygens (including phenoxy) is 1. The first kappa shape index (κ1) is 33.7. The zero-order chi connectivity index (χ0) is 30.9. The van der Waals surface area contributed by atoms with Crippen LogP contribution in [0.25, 0.3) is 0 Å². The first-order valence-electron chi connectivity index (χ1n) is 15.3. The van der Waals surface area contributed by atoms with E-state index in [1.807, 2.05) is 0 Å². The van der Waals surface area contributed by atoms with E-state index >= 15 is 0 Å². The number of rotatable bonds is 13. The molecule has 1 saturated carbocycles. The van der Waals surface area contributed by atoms with Crippen LogP contribution in [0.5, 0.6) is 0 Å². The summed E-state index contributed by atoms with van der Waals surface area (Å²) in [6.45, 7) is 10.3. The molecule has 1 amide bonds. The van der Waals surface area contributed by atoms with Crippen molar-refractivity contribution in [1.29, 1.82) is 0 Å². The Morgan fingerprint density at radius 2 is 1.67 bits per heavy atom. The van der Waals surface area contributed by atoms with Crippen molar-refractivity contribution >= 4 is 11.9 Å². The summed E-state index contributed by atoms with van der Waals surface area (Å²) in [6, 6.07) is 11.0. The normalized spacial score (nSPS) is 16.6. The van der Waals surface area contributed by atoms with Gasteiger partial charge in [0, 0.05) is 31.0 Å². The zero-order valence-corrected chi connectivity index (χ0v) is 25.8. The number of amides is 1. The number of hydrogen-bond donors (Lipinski definition) is 3. The molecule has 6 nitrogen and oxygen atoms in total. The van der Waals surface area contributed by atoms with Gasteiger partial charge in [0.15, 0.2) is 0 Å². The number of carbonyl (C=O) groups is 2. The highest BCUT2D eigenvalue weighted by atomic mass is 19.1. The van der Waals surface area contributed by atoms with Crippen LogP contribution in [0.1, 0.15) is 103 Å². The van der Waals surface area contributed by atoms with Gasteiger partial charge in [-0.15, -0.1) is 0 Å². The van der Waals surface area contributed by atoms with Crippen molar-refractivity contribution in [3.05, 3.63) is 70.8 Å². The molecule has 0 heterocycles. The summed E-state index contributed by atoms with van der Waals surface area (Å²) in [5, 5.41) is 17.9. The highest BCUT2D eigenvalue weighted by Crippen LogP contribution is 2.38. The lowest BCUT2D eigenvalue weighted by Gasteiger charge is -2.41. The second-order valence-corrected chi connectivity index (χ2v) is 13.0. The molecule has 0 unspecified atom stereocenters. The van der Waals surface area contributed by atoms with E-state index in [0.29, 0.717) is 12.0 Å². The maximum absolute atomic E-state index is 14.0. The fourth-order valence-electron chi connectivity index (χ4n) is 5.71. The first-order valence-corrected chi connectivity index (χ1v) is 15.3. The Bertz CT molecular complexity index is 1170. The third-order valence-electron chi connectivity index (χ3n) is 7.98. The van der Waals surface area contributed by atoms with Gasteiger partial charge >= 0.3 is 5.97 Å². The molecule has 0 radical (unpaired) electrons. The van der Waals surface area contributed by atoms with Crippen LogP contribution < -0.4 is 10.6 Å². The van der Waals surface area contributed by atoms with E-state index in [1.165, 1.54) is 23.3 Å². The van der Waals surface area contributed by atoms with Crippen LogP contribution in [0.15, 0.2) is 42.5 Å². The van der Waals surface area contributed by atoms with Gasteiger partial charge in [0.25, 0.3) is 0 Å². The Morgan fingerprint density at radius 1 is 1.00 bits per heavy atom. The summed E-state index contributed by atoms with van der Waals surface area (Å²) >= 11 is 0. The molecule has 1 aliphatic rings. The Hall–Kier alpha value is -2.84. The van der Waals surface area contributed by atoms with Crippen molar-refractivity contribution in [2.24, 2.45) is 0 Å². The largest absolute Gasteiger partial charge is 0.463 e. The molecule has 3 N–H and O–H groups in total. The molecule has 232 valence electrons. The average molecular weight is 587 g/mol. The van der Waals surface area contributed by atoms with E-state index in [9.17, 15) is 23.5 Å².